The third-order valence-electron chi connectivity index (χ3n) is 2.79. The van der Waals surface area contributed by atoms with E-state index in [1.165, 1.54) is 35.1 Å². The number of benzene rings is 1. The second kappa shape index (κ2) is 4.65. The van der Waals surface area contributed by atoms with Gasteiger partial charge < -0.3 is 10.5 Å². The van der Waals surface area contributed by atoms with Gasteiger partial charge in [-0.25, -0.2) is 9.50 Å². The third kappa shape index (κ3) is 2.60. The predicted molar refractivity (Wildman–Crippen MR) is 68.9 cm³/mol. The van der Waals surface area contributed by atoms with Gasteiger partial charge in [-0.15, -0.1) is 0 Å². The monoisotopic (exact) mass is 294 g/mol. The lowest BCUT2D eigenvalue weighted by Crippen LogP contribution is -2.08. The average Bonchev–Trinajstić information content (AvgIpc) is 2.87. The molecular weight excluding hydrogens is 285 g/mol. The molecule has 0 atom stereocenters. The Bertz CT molecular complexity index is 797. The van der Waals surface area contributed by atoms with E-state index in [1.54, 1.807) is 6.20 Å². The Labute approximate surface area is 116 Å². The van der Waals surface area contributed by atoms with Gasteiger partial charge in [-0.3, -0.25) is 0 Å². The van der Waals surface area contributed by atoms with Crippen LogP contribution in [-0.4, -0.2) is 14.6 Å². The molecule has 2 aromatic heterocycles. The first-order valence-corrected chi connectivity index (χ1v) is 5.87. The number of nitrogen functional groups attached to an aromatic ring is 1. The van der Waals surface area contributed by atoms with Crippen molar-refractivity contribution in [1.82, 2.24) is 14.6 Å². The molecule has 5 nitrogen and oxygen atoms in total. The van der Waals surface area contributed by atoms with E-state index in [4.69, 9.17) is 10.5 Å². The summed E-state index contributed by atoms with van der Waals surface area (Å²) in [6, 6.07) is 6.36. The molecule has 0 bridgehead atoms. The molecule has 2 N–H and O–H groups in total. The summed E-state index contributed by atoms with van der Waals surface area (Å²) >= 11 is 0. The van der Waals surface area contributed by atoms with E-state index < -0.39 is 11.7 Å². The van der Waals surface area contributed by atoms with Crippen LogP contribution in [0.3, 0.4) is 0 Å². The maximum absolute atomic E-state index is 13.0. The Morgan fingerprint density at radius 3 is 2.71 bits per heavy atom. The van der Waals surface area contributed by atoms with Gasteiger partial charge >= 0.3 is 6.18 Å². The van der Waals surface area contributed by atoms with E-state index in [1.807, 2.05) is 0 Å². The van der Waals surface area contributed by atoms with Gasteiger partial charge in [0, 0.05) is 18.0 Å². The summed E-state index contributed by atoms with van der Waals surface area (Å²) in [5.41, 5.74) is 4.96. The summed E-state index contributed by atoms with van der Waals surface area (Å²) in [7, 11) is 0. The van der Waals surface area contributed by atoms with Crippen LogP contribution in [0.5, 0.6) is 11.5 Å². The zero-order valence-corrected chi connectivity index (χ0v) is 10.5. The normalized spacial score (nSPS) is 11.8. The van der Waals surface area contributed by atoms with E-state index >= 15 is 0 Å². The SMILES string of the molecule is Nc1ccc(Oc2ccn3ncnc3c2)c(C(F)(F)F)c1. The quantitative estimate of drug-likeness (QED) is 0.737. The van der Waals surface area contributed by atoms with Gasteiger partial charge in [-0.2, -0.15) is 18.3 Å². The molecule has 0 spiro atoms. The number of nitrogens with two attached hydrogens (primary N) is 1. The van der Waals surface area contributed by atoms with Gasteiger partial charge in [0.25, 0.3) is 0 Å². The van der Waals surface area contributed by atoms with Gasteiger partial charge in [0.1, 0.15) is 23.4 Å². The van der Waals surface area contributed by atoms with E-state index in [-0.39, 0.29) is 17.2 Å². The fourth-order valence-corrected chi connectivity index (χ4v) is 1.85. The standard InChI is InChI=1S/C13H9F3N4O/c14-13(15,16)10-5-8(17)1-2-11(10)21-9-3-4-20-12(6-9)18-7-19-20/h1-7H,17H2. The number of ether oxygens (including phenoxy) is 1. The first-order chi connectivity index (χ1) is 9.93. The van der Waals surface area contributed by atoms with Crippen molar-refractivity contribution < 1.29 is 17.9 Å². The highest BCUT2D eigenvalue weighted by Gasteiger charge is 2.34. The van der Waals surface area contributed by atoms with Crippen LogP contribution in [0.25, 0.3) is 5.65 Å². The number of rotatable bonds is 2. The second-order valence-corrected chi connectivity index (χ2v) is 4.28. The van der Waals surface area contributed by atoms with Crippen LogP contribution in [0.4, 0.5) is 18.9 Å². The third-order valence-corrected chi connectivity index (χ3v) is 2.79. The summed E-state index contributed by atoms with van der Waals surface area (Å²) < 4.78 is 45.7. The number of alkyl halides is 3. The van der Waals surface area contributed by atoms with Crippen LogP contribution in [0.2, 0.25) is 0 Å². The summed E-state index contributed by atoms with van der Waals surface area (Å²) in [5, 5.41) is 3.89. The smallest absolute Gasteiger partial charge is 0.420 e. The molecule has 108 valence electrons. The maximum Gasteiger partial charge on any atom is 0.420 e. The van der Waals surface area contributed by atoms with Crippen molar-refractivity contribution in [3.8, 4) is 11.5 Å². The van der Waals surface area contributed by atoms with Crippen LogP contribution >= 0.6 is 0 Å². The van der Waals surface area contributed by atoms with Crippen LogP contribution < -0.4 is 10.5 Å². The highest BCUT2D eigenvalue weighted by atomic mass is 19.4. The molecule has 1 aromatic carbocycles. The highest BCUT2D eigenvalue weighted by molar-refractivity contribution is 5.51. The minimum Gasteiger partial charge on any atom is -0.457 e. The molecule has 8 heteroatoms. The summed E-state index contributed by atoms with van der Waals surface area (Å²) in [4.78, 5) is 3.94. The van der Waals surface area contributed by atoms with E-state index in [9.17, 15) is 13.2 Å². The van der Waals surface area contributed by atoms with Gasteiger partial charge in [-0.05, 0) is 24.3 Å². The van der Waals surface area contributed by atoms with Crippen molar-refractivity contribution in [1.29, 1.82) is 0 Å². The van der Waals surface area contributed by atoms with Crippen LogP contribution in [0, 0.1) is 0 Å². The molecule has 3 rings (SSSR count). The van der Waals surface area contributed by atoms with Gasteiger partial charge in [0.15, 0.2) is 5.65 Å². The van der Waals surface area contributed by atoms with E-state index in [2.05, 4.69) is 10.1 Å². The van der Waals surface area contributed by atoms with Gasteiger partial charge in [0.05, 0.1) is 0 Å². The molecule has 0 unspecified atom stereocenters. The predicted octanol–water partition coefficient (Wildman–Crippen LogP) is 3.12. The van der Waals surface area contributed by atoms with Crippen molar-refractivity contribution in [2.75, 3.05) is 5.73 Å². The molecule has 3 aromatic rings. The number of hydrogen-bond acceptors (Lipinski definition) is 4. The number of pyridine rings is 1. The molecule has 0 fully saturated rings. The summed E-state index contributed by atoms with van der Waals surface area (Å²) in [6.45, 7) is 0. The van der Waals surface area contributed by atoms with Gasteiger partial charge in [-0.1, -0.05) is 0 Å². The lowest BCUT2D eigenvalue weighted by molar-refractivity contribution is -0.138. The zero-order chi connectivity index (χ0) is 15.0. The molecule has 0 amide bonds. The molecule has 0 aliphatic heterocycles. The number of hydrogen-bond donors (Lipinski definition) is 1. The summed E-state index contributed by atoms with van der Waals surface area (Å²) in [5.74, 6) is -0.0914. The molecule has 0 radical (unpaired) electrons. The van der Waals surface area contributed by atoms with Crippen molar-refractivity contribution in [3.63, 3.8) is 0 Å². The minimum atomic E-state index is -4.55. The van der Waals surface area contributed by atoms with Crippen molar-refractivity contribution in [2.24, 2.45) is 0 Å². The Morgan fingerprint density at radius 1 is 1.14 bits per heavy atom. The number of aromatic nitrogens is 3. The van der Waals surface area contributed by atoms with Crippen LogP contribution in [-0.2, 0) is 6.18 Å². The van der Waals surface area contributed by atoms with Gasteiger partial charge in [0.2, 0.25) is 0 Å². The Kier molecular flexibility index (Phi) is 2.93. The van der Waals surface area contributed by atoms with Crippen molar-refractivity contribution in [3.05, 3.63) is 48.4 Å². The first-order valence-electron chi connectivity index (χ1n) is 5.87. The van der Waals surface area contributed by atoms with Crippen LogP contribution in [0.1, 0.15) is 5.56 Å². The lowest BCUT2D eigenvalue weighted by Gasteiger charge is -2.14. The number of halogens is 3. The molecule has 2 heterocycles. The molecular formula is C13H9F3N4O. The van der Waals surface area contributed by atoms with Crippen LogP contribution in [0.15, 0.2) is 42.9 Å². The Balaban J connectivity index is 2.00. The number of fused-ring (bicyclic) bond motifs is 1. The molecule has 0 saturated carbocycles. The molecule has 21 heavy (non-hydrogen) atoms. The fourth-order valence-electron chi connectivity index (χ4n) is 1.85. The minimum absolute atomic E-state index is 0.0163. The maximum atomic E-state index is 13.0. The average molecular weight is 294 g/mol. The second-order valence-electron chi connectivity index (χ2n) is 4.28. The number of nitrogens with zero attached hydrogens (tertiary/aromatic N) is 3. The molecule has 0 saturated heterocycles. The Morgan fingerprint density at radius 2 is 1.95 bits per heavy atom. The van der Waals surface area contributed by atoms with Crippen molar-refractivity contribution >= 4 is 11.3 Å². The lowest BCUT2D eigenvalue weighted by atomic mass is 10.1. The van der Waals surface area contributed by atoms with Crippen molar-refractivity contribution in [2.45, 2.75) is 6.18 Å². The number of anilines is 1. The topological polar surface area (TPSA) is 65.4 Å². The molecule has 0 aliphatic rings. The zero-order valence-electron chi connectivity index (χ0n) is 10.5. The van der Waals surface area contributed by atoms with E-state index in [0.29, 0.717) is 5.65 Å². The fraction of sp³-hybridized carbons (Fsp3) is 0.0769. The van der Waals surface area contributed by atoms with E-state index in [0.717, 1.165) is 6.07 Å². The summed E-state index contributed by atoms with van der Waals surface area (Å²) in [6.07, 6.45) is -1.67. The largest absolute Gasteiger partial charge is 0.457 e. The highest BCUT2D eigenvalue weighted by Crippen LogP contribution is 2.39. The first kappa shape index (κ1) is 13.2. The molecule has 0 aliphatic carbocycles. The Hall–Kier alpha value is -2.77.